The summed E-state index contributed by atoms with van der Waals surface area (Å²) >= 11 is 0. The molecule has 12 heavy (non-hydrogen) atoms. The Hall–Kier alpha value is -0.900. The van der Waals surface area contributed by atoms with Gasteiger partial charge < -0.3 is 4.74 Å². The molecule has 0 aromatic carbocycles. The monoisotopic (exact) mass is 171 g/mol. The fourth-order valence-corrected chi connectivity index (χ4v) is 1.13. The average Bonchev–Trinajstić information content (AvgIpc) is 1.82. The van der Waals surface area contributed by atoms with Gasteiger partial charge in [-0.15, -0.1) is 0 Å². The summed E-state index contributed by atoms with van der Waals surface area (Å²) in [5, 5.41) is 2.26. The highest BCUT2D eigenvalue weighted by Gasteiger charge is 2.45. The van der Waals surface area contributed by atoms with Gasteiger partial charge in [-0.3, -0.25) is 14.9 Å². The maximum absolute atomic E-state index is 11.2. The SMILES string of the molecule is CC1(C)OC(C)(C)C(=O)NC1=O. The molecule has 1 heterocycles. The summed E-state index contributed by atoms with van der Waals surface area (Å²) in [5.41, 5.74) is -1.84. The van der Waals surface area contributed by atoms with Crippen LogP contribution in [0.2, 0.25) is 0 Å². The molecule has 0 aromatic heterocycles. The second kappa shape index (κ2) is 2.29. The molecule has 1 saturated heterocycles. The van der Waals surface area contributed by atoms with E-state index in [9.17, 15) is 9.59 Å². The van der Waals surface area contributed by atoms with Gasteiger partial charge in [-0.05, 0) is 27.7 Å². The quantitative estimate of drug-likeness (QED) is 0.530. The molecule has 0 atom stereocenters. The summed E-state index contributed by atoms with van der Waals surface area (Å²) in [7, 11) is 0. The number of nitrogens with one attached hydrogen (secondary N) is 1. The van der Waals surface area contributed by atoms with Crippen LogP contribution in [0.3, 0.4) is 0 Å². The van der Waals surface area contributed by atoms with E-state index in [1.54, 1.807) is 27.7 Å². The van der Waals surface area contributed by atoms with Gasteiger partial charge in [0.25, 0.3) is 11.8 Å². The zero-order valence-corrected chi connectivity index (χ0v) is 7.72. The average molecular weight is 171 g/mol. The lowest BCUT2D eigenvalue weighted by Crippen LogP contribution is -2.62. The lowest BCUT2D eigenvalue weighted by Gasteiger charge is -2.38. The minimum absolute atomic E-state index is 0.383. The molecule has 4 nitrogen and oxygen atoms in total. The Morgan fingerprint density at radius 3 is 1.58 bits per heavy atom. The van der Waals surface area contributed by atoms with Crippen LogP contribution in [0, 0.1) is 0 Å². The number of morpholine rings is 1. The largest absolute Gasteiger partial charge is 0.350 e. The highest BCUT2D eigenvalue weighted by molar-refractivity contribution is 6.04. The Labute approximate surface area is 71.3 Å². The van der Waals surface area contributed by atoms with Crippen molar-refractivity contribution >= 4 is 11.8 Å². The zero-order valence-electron chi connectivity index (χ0n) is 7.72. The Balaban J connectivity index is 2.93. The van der Waals surface area contributed by atoms with Crippen molar-refractivity contribution in [2.24, 2.45) is 0 Å². The molecule has 1 aliphatic rings. The normalized spacial score (nSPS) is 26.7. The smallest absolute Gasteiger partial charge is 0.258 e. The van der Waals surface area contributed by atoms with Crippen molar-refractivity contribution in [3.05, 3.63) is 0 Å². The van der Waals surface area contributed by atoms with Crippen molar-refractivity contribution in [2.45, 2.75) is 38.9 Å². The third-order valence-corrected chi connectivity index (χ3v) is 1.83. The van der Waals surface area contributed by atoms with Crippen molar-refractivity contribution in [1.82, 2.24) is 5.32 Å². The molecule has 0 spiro atoms. The zero-order chi connectivity index (χ0) is 9.57. The summed E-state index contributed by atoms with van der Waals surface area (Å²) in [6.45, 7) is 6.54. The number of carbonyl (C=O) groups is 2. The molecular weight excluding hydrogens is 158 g/mol. The number of carbonyl (C=O) groups excluding carboxylic acids is 2. The summed E-state index contributed by atoms with van der Waals surface area (Å²) < 4.78 is 5.32. The number of rotatable bonds is 0. The van der Waals surface area contributed by atoms with Crippen LogP contribution < -0.4 is 5.32 Å². The third kappa shape index (κ3) is 1.34. The van der Waals surface area contributed by atoms with E-state index in [4.69, 9.17) is 4.74 Å². The minimum Gasteiger partial charge on any atom is -0.350 e. The first kappa shape index (κ1) is 9.19. The Morgan fingerprint density at radius 2 is 1.33 bits per heavy atom. The van der Waals surface area contributed by atoms with Gasteiger partial charge in [0.2, 0.25) is 0 Å². The molecule has 0 saturated carbocycles. The van der Waals surface area contributed by atoms with Gasteiger partial charge in [0.1, 0.15) is 11.2 Å². The van der Waals surface area contributed by atoms with E-state index in [0.717, 1.165) is 0 Å². The summed E-state index contributed by atoms with van der Waals surface area (Å²) in [6, 6.07) is 0. The van der Waals surface area contributed by atoms with E-state index in [1.165, 1.54) is 0 Å². The predicted octanol–water partition coefficient (Wildman–Crippen LogP) is 0.217. The summed E-state index contributed by atoms with van der Waals surface area (Å²) in [5.74, 6) is -0.765. The number of amides is 2. The van der Waals surface area contributed by atoms with E-state index in [0.29, 0.717) is 0 Å². The van der Waals surface area contributed by atoms with Gasteiger partial charge in [-0.25, -0.2) is 0 Å². The predicted molar refractivity (Wildman–Crippen MR) is 42.4 cm³/mol. The van der Waals surface area contributed by atoms with Gasteiger partial charge >= 0.3 is 0 Å². The molecule has 0 radical (unpaired) electrons. The molecule has 68 valence electrons. The Morgan fingerprint density at radius 1 is 1.00 bits per heavy atom. The first-order chi connectivity index (χ1) is 5.26. The molecule has 4 heteroatoms. The molecule has 0 aromatic rings. The van der Waals surface area contributed by atoms with Gasteiger partial charge in [-0.1, -0.05) is 0 Å². The minimum atomic E-state index is -0.919. The first-order valence-corrected chi connectivity index (χ1v) is 3.82. The van der Waals surface area contributed by atoms with Crippen LogP contribution in [0.25, 0.3) is 0 Å². The van der Waals surface area contributed by atoms with Crippen molar-refractivity contribution in [3.8, 4) is 0 Å². The van der Waals surface area contributed by atoms with Crippen LogP contribution in [-0.2, 0) is 14.3 Å². The standard InChI is InChI=1S/C8H13NO3/c1-7(2)5(10)9-6(11)8(3,4)12-7/h1-4H3,(H,9,10,11). The molecular formula is C8H13NO3. The van der Waals surface area contributed by atoms with Gasteiger partial charge in [0, 0.05) is 0 Å². The lowest BCUT2D eigenvalue weighted by atomic mass is 9.99. The van der Waals surface area contributed by atoms with Crippen molar-refractivity contribution < 1.29 is 14.3 Å². The van der Waals surface area contributed by atoms with E-state index >= 15 is 0 Å². The van der Waals surface area contributed by atoms with Crippen LogP contribution in [0.5, 0.6) is 0 Å². The topological polar surface area (TPSA) is 55.4 Å². The van der Waals surface area contributed by atoms with Crippen LogP contribution in [0.15, 0.2) is 0 Å². The Kier molecular flexibility index (Phi) is 1.76. The van der Waals surface area contributed by atoms with Crippen LogP contribution in [-0.4, -0.2) is 23.0 Å². The van der Waals surface area contributed by atoms with Gasteiger partial charge in [0.05, 0.1) is 0 Å². The lowest BCUT2D eigenvalue weighted by molar-refractivity contribution is -0.186. The molecule has 1 fully saturated rings. The van der Waals surface area contributed by atoms with E-state index in [2.05, 4.69) is 5.32 Å². The molecule has 1 aliphatic heterocycles. The van der Waals surface area contributed by atoms with Crippen molar-refractivity contribution in [1.29, 1.82) is 0 Å². The van der Waals surface area contributed by atoms with E-state index in [1.807, 2.05) is 0 Å². The molecule has 1 rings (SSSR count). The fraction of sp³-hybridized carbons (Fsp3) is 0.750. The molecule has 0 bridgehead atoms. The highest BCUT2D eigenvalue weighted by Crippen LogP contribution is 2.24. The second-order valence-electron chi connectivity index (χ2n) is 3.91. The number of ether oxygens (including phenoxy) is 1. The maximum Gasteiger partial charge on any atom is 0.258 e. The van der Waals surface area contributed by atoms with E-state index < -0.39 is 11.2 Å². The van der Waals surface area contributed by atoms with E-state index in [-0.39, 0.29) is 11.8 Å². The molecule has 1 N–H and O–H groups in total. The molecule has 2 amide bonds. The number of hydrogen-bond acceptors (Lipinski definition) is 3. The molecule has 0 unspecified atom stereocenters. The molecule has 0 aliphatic carbocycles. The maximum atomic E-state index is 11.2. The highest BCUT2D eigenvalue weighted by atomic mass is 16.5. The van der Waals surface area contributed by atoms with Crippen molar-refractivity contribution in [3.63, 3.8) is 0 Å². The van der Waals surface area contributed by atoms with Crippen LogP contribution in [0.4, 0.5) is 0 Å². The van der Waals surface area contributed by atoms with Crippen LogP contribution in [0.1, 0.15) is 27.7 Å². The Bertz CT molecular complexity index is 219. The van der Waals surface area contributed by atoms with Crippen molar-refractivity contribution in [2.75, 3.05) is 0 Å². The van der Waals surface area contributed by atoms with Gasteiger partial charge in [0.15, 0.2) is 0 Å². The summed E-state index contributed by atoms with van der Waals surface area (Å²) in [4.78, 5) is 22.3. The first-order valence-electron chi connectivity index (χ1n) is 3.82. The fourth-order valence-electron chi connectivity index (χ4n) is 1.13. The van der Waals surface area contributed by atoms with Crippen LogP contribution >= 0.6 is 0 Å². The van der Waals surface area contributed by atoms with Gasteiger partial charge in [-0.2, -0.15) is 0 Å². The third-order valence-electron chi connectivity index (χ3n) is 1.83. The number of hydrogen-bond donors (Lipinski definition) is 1. The number of imide groups is 1. The summed E-state index contributed by atoms with van der Waals surface area (Å²) in [6.07, 6.45) is 0. The second-order valence-corrected chi connectivity index (χ2v) is 3.91.